The summed E-state index contributed by atoms with van der Waals surface area (Å²) in [5.74, 6) is -2.64. The summed E-state index contributed by atoms with van der Waals surface area (Å²) in [6.45, 7) is -0.411. The van der Waals surface area contributed by atoms with E-state index < -0.39 is 41.7 Å². The second-order valence-corrected chi connectivity index (χ2v) is 10.7. The number of amides is 5. The minimum Gasteiger partial charge on any atom is -0.427 e. The van der Waals surface area contributed by atoms with Gasteiger partial charge >= 0.3 is 12.1 Å². The van der Waals surface area contributed by atoms with Crippen molar-refractivity contribution in [1.82, 2.24) is 15.1 Å². The number of halogens is 2. The molecule has 204 valence electrons. The molecule has 2 N–H and O–H groups in total. The van der Waals surface area contributed by atoms with Gasteiger partial charge in [0.25, 0.3) is 5.91 Å². The molecule has 2 aliphatic carbocycles. The normalized spacial score (nSPS) is 23.8. The second-order valence-electron chi connectivity index (χ2n) is 10.7. The molecule has 2 aromatic rings. The number of aryl methyl sites for hydroxylation is 2. The number of hydrogen-bond donors (Lipinski definition) is 2. The van der Waals surface area contributed by atoms with Crippen LogP contribution in [0.5, 0.6) is 0 Å². The number of anilines is 1. The van der Waals surface area contributed by atoms with Crippen molar-refractivity contribution >= 4 is 29.6 Å². The fourth-order valence-corrected chi connectivity index (χ4v) is 6.16. The molecule has 2 atom stereocenters. The maximum Gasteiger partial charge on any atom is 0.418 e. The van der Waals surface area contributed by atoms with Gasteiger partial charge in [0.1, 0.15) is 6.54 Å². The molecule has 1 saturated heterocycles. The highest BCUT2D eigenvalue weighted by molar-refractivity contribution is 6.06. The minimum absolute atomic E-state index is 0.0820. The maximum atomic E-state index is 14.0. The number of nitrogens with zero attached hydrogens (tertiary/aromatic N) is 2. The van der Waals surface area contributed by atoms with Crippen molar-refractivity contribution in [3.8, 4) is 0 Å². The van der Waals surface area contributed by atoms with Gasteiger partial charge in [-0.25, -0.2) is 23.3 Å². The molecule has 0 radical (unpaired) electrons. The van der Waals surface area contributed by atoms with Gasteiger partial charge in [0, 0.05) is 37.3 Å². The molecule has 11 heteroatoms. The van der Waals surface area contributed by atoms with Crippen LogP contribution < -0.4 is 10.6 Å². The average molecular weight is 539 g/mol. The number of imide groups is 1. The Morgan fingerprint density at radius 2 is 1.77 bits per heavy atom. The number of ether oxygens (including phenoxy) is 1. The molecule has 4 aliphatic rings. The van der Waals surface area contributed by atoms with E-state index in [9.17, 15) is 28.0 Å². The van der Waals surface area contributed by atoms with Crippen molar-refractivity contribution in [2.75, 3.05) is 18.9 Å². The van der Waals surface area contributed by atoms with Gasteiger partial charge in [0.2, 0.25) is 11.5 Å². The van der Waals surface area contributed by atoms with Crippen LogP contribution in [0, 0.1) is 17.6 Å². The van der Waals surface area contributed by atoms with Gasteiger partial charge in [-0.2, -0.15) is 0 Å². The summed E-state index contributed by atoms with van der Waals surface area (Å²) in [5, 5.41) is 5.15. The van der Waals surface area contributed by atoms with E-state index in [-0.39, 0.29) is 31.0 Å². The largest absolute Gasteiger partial charge is 0.427 e. The molecule has 0 bridgehead atoms. The minimum atomic E-state index is -1.51. The zero-order valence-electron chi connectivity index (χ0n) is 21.4. The van der Waals surface area contributed by atoms with Gasteiger partial charge in [-0.15, -0.1) is 0 Å². The molecule has 39 heavy (non-hydrogen) atoms. The quantitative estimate of drug-likeness (QED) is 0.619. The van der Waals surface area contributed by atoms with Gasteiger partial charge in [-0.05, 0) is 79.0 Å². The SMILES string of the molecule is CNC(=O)Nc1ccc2c(c1)CC[C@]21OC(=O)N(CC(=O)N2Cc3cc(F)c(F)cc3CC[C@H]2C2CC2)C1=O. The third kappa shape index (κ3) is 4.29. The first kappa shape index (κ1) is 25.3. The molecule has 0 unspecified atom stereocenters. The molecule has 6 rings (SSSR count). The molecular weight excluding hydrogens is 510 g/mol. The first-order valence-corrected chi connectivity index (χ1v) is 13.1. The Bertz CT molecular complexity index is 1410. The molecule has 2 fully saturated rings. The number of carbonyl (C=O) groups excluding carboxylic acids is 4. The van der Waals surface area contributed by atoms with Gasteiger partial charge in [-0.1, -0.05) is 6.07 Å². The highest BCUT2D eigenvalue weighted by atomic mass is 19.2. The van der Waals surface area contributed by atoms with E-state index in [2.05, 4.69) is 10.6 Å². The van der Waals surface area contributed by atoms with Gasteiger partial charge < -0.3 is 20.3 Å². The number of fused-ring (bicyclic) bond motifs is 3. The molecule has 1 saturated carbocycles. The van der Waals surface area contributed by atoms with Gasteiger partial charge in [0.05, 0.1) is 0 Å². The molecule has 2 aliphatic heterocycles. The van der Waals surface area contributed by atoms with Crippen molar-refractivity contribution in [2.45, 2.75) is 56.7 Å². The maximum absolute atomic E-state index is 14.0. The van der Waals surface area contributed by atoms with E-state index in [1.165, 1.54) is 13.1 Å². The summed E-state index contributed by atoms with van der Waals surface area (Å²) in [5.41, 5.74) is 1.53. The average Bonchev–Trinajstić information content (AvgIpc) is 3.68. The van der Waals surface area contributed by atoms with Gasteiger partial charge in [-0.3, -0.25) is 9.59 Å². The number of nitrogens with one attached hydrogen (secondary N) is 2. The monoisotopic (exact) mass is 538 g/mol. The number of carbonyl (C=O) groups is 4. The topological polar surface area (TPSA) is 108 Å². The van der Waals surface area contributed by atoms with Crippen molar-refractivity contribution < 1.29 is 32.7 Å². The fourth-order valence-electron chi connectivity index (χ4n) is 6.16. The van der Waals surface area contributed by atoms with Crippen LogP contribution in [-0.2, 0) is 39.3 Å². The summed E-state index contributed by atoms with van der Waals surface area (Å²) in [6.07, 6.45) is 2.81. The van der Waals surface area contributed by atoms with E-state index in [0.717, 1.165) is 29.4 Å². The van der Waals surface area contributed by atoms with Crippen LogP contribution in [0.3, 0.4) is 0 Å². The van der Waals surface area contributed by atoms with E-state index in [0.29, 0.717) is 41.6 Å². The molecule has 2 aromatic carbocycles. The van der Waals surface area contributed by atoms with Gasteiger partial charge in [0.15, 0.2) is 11.6 Å². The summed E-state index contributed by atoms with van der Waals surface area (Å²) in [7, 11) is 1.50. The van der Waals surface area contributed by atoms with E-state index in [4.69, 9.17) is 4.74 Å². The van der Waals surface area contributed by atoms with Crippen LogP contribution in [0.25, 0.3) is 0 Å². The summed E-state index contributed by atoms with van der Waals surface area (Å²) in [6, 6.07) is 6.83. The summed E-state index contributed by atoms with van der Waals surface area (Å²) >= 11 is 0. The molecule has 5 amide bonds. The summed E-state index contributed by atoms with van der Waals surface area (Å²) < 4.78 is 33.6. The van der Waals surface area contributed by atoms with E-state index >= 15 is 0 Å². The molecular formula is C28H28F2N4O5. The number of benzene rings is 2. The van der Waals surface area contributed by atoms with E-state index in [1.807, 2.05) is 0 Å². The predicted octanol–water partition coefficient (Wildman–Crippen LogP) is 3.59. The smallest absolute Gasteiger partial charge is 0.418 e. The zero-order valence-corrected chi connectivity index (χ0v) is 21.4. The summed E-state index contributed by atoms with van der Waals surface area (Å²) in [4.78, 5) is 54.4. The third-order valence-corrected chi connectivity index (χ3v) is 8.32. The fraction of sp³-hybridized carbons (Fsp3) is 0.429. The molecule has 9 nitrogen and oxygen atoms in total. The van der Waals surface area contributed by atoms with E-state index in [1.54, 1.807) is 23.1 Å². The lowest BCUT2D eigenvalue weighted by Gasteiger charge is -2.31. The Morgan fingerprint density at radius 1 is 1.03 bits per heavy atom. The second kappa shape index (κ2) is 9.32. The first-order valence-electron chi connectivity index (χ1n) is 13.1. The Balaban J connectivity index is 1.23. The number of urea groups is 1. The van der Waals surface area contributed by atoms with Crippen molar-refractivity contribution in [3.05, 3.63) is 64.2 Å². The third-order valence-electron chi connectivity index (χ3n) is 8.32. The van der Waals surface area contributed by atoms with Crippen LogP contribution in [0.2, 0.25) is 0 Å². The number of hydrogen-bond acceptors (Lipinski definition) is 5. The zero-order chi connectivity index (χ0) is 27.5. The molecule has 1 spiro atoms. The highest BCUT2D eigenvalue weighted by Gasteiger charge is 2.58. The Labute approximate surface area is 223 Å². The lowest BCUT2D eigenvalue weighted by atomic mass is 9.94. The van der Waals surface area contributed by atoms with Crippen molar-refractivity contribution in [3.63, 3.8) is 0 Å². The number of rotatable bonds is 4. The lowest BCUT2D eigenvalue weighted by Crippen LogP contribution is -2.48. The molecule has 2 heterocycles. The van der Waals surface area contributed by atoms with Crippen LogP contribution in [0.15, 0.2) is 30.3 Å². The van der Waals surface area contributed by atoms with Crippen molar-refractivity contribution in [1.29, 1.82) is 0 Å². The van der Waals surface area contributed by atoms with Crippen LogP contribution in [-0.4, -0.2) is 53.4 Å². The lowest BCUT2D eigenvalue weighted by molar-refractivity contribution is -0.143. The van der Waals surface area contributed by atoms with Crippen molar-refractivity contribution in [2.24, 2.45) is 5.92 Å². The van der Waals surface area contributed by atoms with Crippen LogP contribution >= 0.6 is 0 Å². The molecule has 0 aromatic heterocycles. The van der Waals surface area contributed by atoms with Crippen LogP contribution in [0.4, 0.5) is 24.1 Å². The first-order chi connectivity index (χ1) is 18.7. The standard InChI is InChI=1S/C28H28F2N4O5/c1-31-26(37)32-19-5-6-20-17(10-19)8-9-28(20)25(36)34(27(38)39-28)14-24(35)33-13-18-12-22(30)21(29)11-16(18)4-7-23(33)15-2-3-15/h5-6,10-12,15,23H,2-4,7-9,13-14H2,1H3,(H2,31,32,37)/t23-,28-/m0/s1. The van der Waals surface area contributed by atoms with Crippen LogP contribution in [0.1, 0.15) is 47.9 Å². The Hall–Kier alpha value is -4.02. The Kier molecular flexibility index (Phi) is 6.04. The predicted molar refractivity (Wildman–Crippen MR) is 134 cm³/mol. The Morgan fingerprint density at radius 3 is 2.49 bits per heavy atom. The highest BCUT2D eigenvalue weighted by Crippen LogP contribution is 2.46.